The third-order valence-electron chi connectivity index (χ3n) is 1.72. The molecule has 2 N–H and O–H groups in total. The molecular formula is C10H16IN. The van der Waals surface area contributed by atoms with Crippen molar-refractivity contribution in [3.63, 3.8) is 0 Å². The van der Waals surface area contributed by atoms with E-state index in [4.69, 9.17) is 0 Å². The van der Waals surface area contributed by atoms with Gasteiger partial charge in [-0.1, -0.05) is 37.3 Å². The molecule has 12 heavy (non-hydrogen) atoms. The summed E-state index contributed by atoms with van der Waals surface area (Å²) in [7, 11) is 0. The minimum absolute atomic E-state index is 0. The molecule has 2 heteroatoms. The topological polar surface area (TPSA) is 16.6 Å². The summed E-state index contributed by atoms with van der Waals surface area (Å²) in [5.74, 6) is 0. The molecular weight excluding hydrogens is 261 g/mol. The van der Waals surface area contributed by atoms with Crippen LogP contribution in [0.1, 0.15) is 18.9 Å². The van der Waals surface area contributed by atoms with Crippen molar-refractivity contribution in [1.82, 2.24) is 0 Å². The standard InChI is InChI=1S/C10H15N.HI/c1-2-8-11-9-10-6-4-3-5-7-10;/h3-7,11H,2,8-9H2,1H3;1H. The minimum atomic E-state index is 0. The third kappa shape index (κ3) is 4.72. The maximum Gasteiger partial charge on any atom is 0.101 e. The van der Waals surface area contributed by atoms with Crippen molar-refractivity contribution in [3.05, 3.63) is 35.9 Å². The van der Waals surface area contributed by atoms with Crippen molar-refractivity contribution in [2.24, 2.45) is 0 Å². The molecule has 0 spiro atoms. The van der Waals surface area contributed by atoms with E-state index in [9.17, 15) is 0 Å². The van der Waals surface area contributed by atoms with E-state index in [1.165, 1.54) is 18.5 Å². The van der Waals surface area contributed by atoms with Crippen LogP contribution in [0, 0.1) is 0 Å². The summed E-state index contributed by atoms with van der Waals surface area (Å²) in [6.07, 6.45) is 1.26. The van der Waals surface area contributed by atoms with Gasteiger partial charge in [0.15, 0.2) is 0 Å². The summed E-state index contributed by atoms with van der Waals surface area (Å²) < 4.78 is 0. The molecule has 0 aromatic heterocycles. The summed E-state index contributed by atoms with van der Waals surface area (Å²) >= 11 is 0. The smallest absolute Gasteiger partial charge is 0.101 e. The molecule has 0 saturated carbocycles. The number of quaternary nitrogens is 1. The van der Waals surface area contributed by atoms with Crippen LogP contribution in [0.3, 0.4) is 0 Å². The van der Waals surface area contributed by atoms with Crippen LogP contribution in [0.25, 0.3) is 0 Å². The minimum Gasteiger partial charge on any atom is -1.00 e. The fraction of sp³-hybridized carbons (Fsp3) is 0.400. The quantitative estimate of drug-likeness (QED) is 0.492. The summed E-state index contributed by atoms with van der Waals surface area (Å²) in [5, 5.41) is 2.34. The maximum absolute atomic E-state index is 2.34. The Labute approximate surface area is 91.6 Å². The van der Waals surface area contributed by atoms with Crippen molar-refractivity contribution >= 4 is 0 Å². The van der Waals surface area contributed by atoms with Crippen LogP contribution in [-0.2, 0) is 6.54 Å². The normalized spacial score (nSPS) is 9.08. The molecule has 0 atom stereocenters. The van der Waals surface area contributed by atoms with E-state index in [1.54, 1.807) is 0 Å². The second-order valence-corrected chi connectivity index (χ2v) is 2.77. The van der Waals surface area contributed by atoms with Gasteiger partial charge in [0.2, 0.25) is 0 Å². The van der Waals surface area contributed by atoms with Crippen LogP contribution < -0.4 is 29.3 Å². The van der Waals surface area contributed by atoms with Crippen molar-refractivity contribution in [2.75, 3.05) is 6.54 Å². The molecule has 0 saturated heterocycles. The van der Waals surface area contributed by atoms with Gasteiger partial charge in [0, 0.05) is 5.56 Å². The summed E-state index contributed by atoms with van der Waals surface area (Å²) in [5.41, 5.74) is 1.42. The van der Waals surface area contributed by atoms with Gasteiger partial charge in [0.25, 0.3) is 0 Å². The van der Waals surface area contributed by atoms with E-state index in [2.05, 4.69) is 42.6 Å². The average molecular weight is 277 g/mol. The Balaban J connectivity index is 0.00000121. The Morgan fingerprint density at radius 2 is 1.83 bits per heavy atom. The van der Waals surface area contributed by atoms with E-state index >= 15 is 0 Å². The lowest BCUT2D eigenvalue weighted by Gasteiger charge is -1.98. The second kappa shape index (κ2) is 7.55. The van der Waals surface area contributed by atoms with E-state index < -0.39 is 0 Å². The zero-order valence-corrected chi connectivity index (χ0v) is 9.62. The van der Waals surface area contributed by atoms with Crippen LogP contribution in [-0.4, -0.2) is 6.54 Å². The number of halogens is 1. The molecule has 1 rings (SSSR count). The van der Waals surface area contributed by atoms with Crippen molar-refractivity contribution < 1.29 is 29.3 Å². The monoisotopic (exact) mass is 277 g/mol. The molecule has 1 aromatic rings. The first-order chi connectivity index (χ1) is 5.43. The van der Waals surface area contributed by atoms with Crippen LogP contribution in [0.5, 0.6) is 0 Å². The van der Waals surface area contributed by atoms with Crippen molar-refractivity contribution in [3.8, 4) is 0 Å². The van der Waals surface area contributed by atoms with Gasteiger partial charge in [-0.15, -0.1) is 0 Å². The molecule has 0 heterocycles. The van der Waals surface area contributed by atoms with Gasteiger partial charge in [0.1, 0.15) is 6.54 Å². The summed E-state index contributed by atoms with van der Waals surface area (Å²) in [6, 6.07) is 10.6. The van der Waals surface area contributed by atoms with Gasteiger partial charge in [-0.3, -0.25) is 0 Å². The van der Waals surface area contributed by atoms with Crippen molar-refractivity contribution in [2.45, 2.75) is 19.9 Å². The first-order valence-electron chi connectivity index (χ1n) is 4.29. The lowest BCUT2D eigenvalue weighted by atomic mass is 10.2. The van der Waals surface area contributed by atoms with Crippen molar-refractivity contribution in [1.29, 1.82) is 0 Å². The zero-order chi connectivity index (χ0) is 7.94. The van der Waals surface area contributed by atoms with Gasteiger partial charge in [-0.2, -0.15) is 0 Å². The molecule has 0 aliphatic rings. The molecule has 1 nitrogen and oxygen atoms in total. The van der Waals surface area contributed by atoms with E-state index in [1.807, 2.05) is 0 Å². The number of rotatable bonds is 4. The fourth-order valence-corrected chi connectivity index (χ4v) is 1.09. The predicted octanol–water partition coefficient (Wildman–Crippen LogP) is -1.84. The molecule has 0 amide bonds. The zero-order valence-electron chi connectivity index (χ0n) is 7.46. The Morgan fingerprint density at radius 1 is 1.17 bits per heavy atom. The third-order valence-corrected chi connectivity index (χ3v) is 1.72. The van der Waals surface area contributed by atoms with Crippen LogP contribution in [0.15, 0.2) is 30.3 Å². The predicted molar refractivity (Wildman–Crippen MR) is 47.2 cm³/mol. The first-order valence-corrected chi connectivity index (χ1v) is 4.29. The lowest BCUT2D eigenvalue weighted by molar-refractivity contribution is -0.670. The van der Waals surface area contributed by atoms with E-state index in [0.29, 0.717) is 0 Å². The van der Waals surface area contributed by atoms with E-state index in [-0.39, 0.29) is 24.0 Å². The highest BCUT2D eigenvalue weighted by Crippen LogP contribution is 1.94. The molecule has 0 aliphatic carbocycles. The molecule has 1 aromatic carbocycles. The second-order valence-electron chi connectivity index (χ2n) is 2.77. The van der Waals surface area contributed by atoms with Crippen LogP contribution >= 0.6 is 0 Å². The maximum atomic E-state index is 2.34. The van der Waals surface area contributed by atoms with Crippen LogP contribution in [0.4, 0.5) is 0 Å². The molecule has 0 fully saturated rings. The summed E-state index contributed by atoms with van der Waals surface area (Å²) in [4.78, 5) is 0. The van der Waals surface area contributed by atoms with Gasteiger partial charge in [-0.05, 0) is 6.42 Å². The Hall–Kier alpha value is -0.0900. The average Bonchev–Trinajstić information content (AvgIpc) is 2.07. The van der Waals surface area contributed by atoms with Gasteiger partial charge in [-0.25, -0.2) is 0 Å². The summed E-state index contributed by atoms with van der Waals surface area (Å²) in [6.45, 7) is 4.56. The molecule has 0 bridgehead atoms. The number of hydrogen-bond donors (Lipinski definition) is 1. The van der Waals surface area contributed by atoms with E-state index in [0.717, 1.165) is 6.54 Å². The fourth-order valence-electron chi connectivity index (χ4n) is 1.09. The molecule has 68 valence electrons. The Morgan fingerprint density at radius 3 is 2.42 bits per heavy atom. The SMILES string of the molecule is CCC[NH2+]Cc1ccccc1.[I-]. The van der Waals surface area contributed by atoms with Gasteiger partial charge >= 0.3 is 0 Å². The molecule has 0 radical (unpaired) electrons. The first kappa shape index (κ1) is 11.9. The highest BCUT2D eigenvalue weighted by molar-refractivity contribution is 5.12. The largest absolute Gasteiger partial charge is 1.00 e. The lowest BCUT2D eigenvalue weighted by Crippen LogP contribution is -3.00. The molecule has 0 unspecified atom stereocenters. The Bertz CT molecular complexity index is 186. The van der Waals surface area contributed by atoms with Gasteiger partial charge < -0.3 is 29.3 Å². The van der Waals surface area contributed by atoms with Gasteiger partial charge in [0.05, 0.1) is 6.54 Å². The van der Waals surface area contributed by atoms with Crippen LogP contribution in [0.2, 0.25) is 0 Å². The Kier molecular flexibility index (Phi) is 7.50. The highest BCUT2D eigenvalue weighted by atomic mass is 127. The number of benzene rings is 1. The number of nitrogens with two attached hydrogens (primary N) is 1. The highest BCUT2D eigenvalue weighted by Gasteiger charge is 1.90. The molecule has 0 aliphatic heterocycles. The number of hydrogen-bond acceptors (Lipinski definition) is 0.